The number of aryl methyl sites for hydroxylation is 3. The first-order valence-corrected chi connectivity index (χ1v) is 6.01. The Morgan fingerprint density at radius 1 is 1.11 bits per heavy atom. The van der Waals surface area contributed by atoms with Crippen LogP contribution in [0.1, 0.15) is 22.4 Å². The number of aromatic nitrogens is 1. The Morgan fingerprint density at radius 2 is 1.89 bits per heavy atom. The Bertz CT molecular complexity index is 564. The predicted molar refractivity (Wildman–Crippen MR) is 72.9 cm³/mol. The highest BCUT2D eigenvalue weighted by molar-refractivity contribution is 5.42. The molecule has 1 aromatic heterocycles. The van der Waals surface area contributed by atoms with E-state index in [4.69, 9.17) is 10.5 Å². The van der Waals surface area contributed by atoms with Crippen molar-refractivity contribution in [1.29, 1.82) is 0 Å². The molecule has 2 aromatic rings. The molecule has 0 unspecified atom stereocenters. The summed E-state index contributed by atoms with van der Waals surface area (Å²) in [5.41, 5.74) is 9.83. The van der Waals surface area contributed by atoms with Crippen LogP contribution in [-0.4, -0.2) is 4.98 Å². The quantitative estimate of drug-likeness (QED) is 0.898. The average Bonchev–Trinajstić information content (AvgIpc) is 2.34. The van der Waals surface area contributed by atoms with E-state index in [9.17, 15) is 0 Å². The molecule has 3 heteroatoms. The third-order valence-corrected chi connectivity index (χ3v) is 2.86. The van der Waals surface area contributed by atoms with Crippen molar-refractivity contribution < 1.29 is 4.74 Å². The van der Waals surface area contributed by atoms with Gasteiger partial charge in [0.2, 0.25) is 0 Å². The van der Waals surface area contributed by atoms with Crippen LogP contribution in [0.4, 0.5) is 0 Å². The largest absolute Gasteiger partial charge is 0.457 e. The number of nitrogens with two attached hydrogens (primary N) is 1. The molecule has 1 heterocycles. The first-order valence-electron chi connectivity index (χ1n) is 6.01. The van der Waals surface area contributed by atoms with Crippen molar-refractivity contribution >= 4 is 0 Å². The molecule has 0 saturated heterocycles. The summed E-state index contributed by atoms with van der Waals surface area (Å²) in [4.78, 5) is 4.23. The van der Waals surface area contributed by atoms with Gasteiger partial charge in [0, 0.05) is 30.1 Å². The third-order valence-electron chi connectivity index (χ3n) is 2.86. The lowest BCUT2D eigenvalue weighted by atomic mass is 10.1. The second-order valence-corrected chi connectivity index (χ2v) is 4.51. The minimum absolute atomic E-state index is 0.424. The van der Waals surface area contributed by atoms with Crippen LogP contribution >= 0.6 is 0 Å². The number of nitrogens with zero attached hydrogens (tertiary/aromatic N) is 1. The summed E-state index contributed by atoms with van der Waals surface area (Å²) >= 11 is 0. The van der Waals surface area contributed by atoms with Crippen LogP contribution < -0.4 is 10.5 Å². The summed E-state index contributed by atoms with van der Waals surface area (Å²) in [6.07, 6.45) is 1.77. The van der Waals surface area contributed by atoms with Crippen LogP contribution in [0.15, 0.2) is 30.5 Å². The number of pyridine rings is 1. The molecule has 2 N–H and O–H groups in total. The first-order chi connectivity index (χ1) is 8.60. The highest BCUT2D eigenvalue weighted by atomic mass is 16.5. The molecule has 94 valence electrons. The molecular weight excluding hydrogens is 224 g/mol. The molecule has 0 aliphatic rings. The summed E-state index contributed by atoms with van der Waals surface area (Å²) in [5.74, 6) is 1.66. The van der Waals surface area contributed by atoms with E-state index in [0.29, 0.717) is 6.54 Å². The van der Waals surface area contributed by atoms with E-state index in [2.05, 4.69) is 17.1 Å². The Hall–Kier alpha value is -1.87. The fraction of sp³-hybridized carbons (Fsp3) is 0.267. The van der Waals surface area contributed by atoms with E-state index >= 15 is 0 Å². The maximum Gasteiger partial charge on any atom is 0.135 e. The lowest BCUT2D eigenvalue weighted by Crippen LogP contribution is -2.01. The molecule has 0 saturated carbocycles. The summed E-state index contributed by atoms with van der Waals surface area (Å²) in [6.45, 7) is 6.45. The zero-order valence-electron chi connectivity index (χ0n) is 11.0. The lowest BCUT2D eigenvalue weighted by molar-refractivity contribution is 0.471. The summed E-state index contributed by atoms with van der Waals surface area (Å²) < 4.78 is 5.97. The average molecular weight is 242 g/mol. The molecule has 1 aromatic carbocycles. The number of benzene rings is 1. The van der Waals surface area contributed by atoms with Crippen molar-refractivity contribution in [2.24, 2.45) is 5.73 Å². The van der Waals surface area contributed by atoms with E-state index in [1.807, 2.05) is 32.9 Å². The number of hydrogen-bond donors (Lipinski definition) is 1. The van der Waals surface area contributed by atoms with Crippen LogP contribution in [0.3, 0.4) is 0 Å². The zero-order chi connectivity index (χ0) is 13.1. The van der Waals surface area contributed by atoms with Gasteiger partial charge in [-0.3, -0.25) is 4.98 Å². The van der Waals surface area contributed by atoms with Crippen LogP contribution in [0.2, 0.25) is 0 Å². The zero-order valence-corrected chi connectivity index (χ0v) is 11.0. The molecule has 0 bridgehead atoms. The third kappa shape index (κ3) is 2.68. The van der Waals surface area contributed by atoms with Crippen LogP contribution in [-0.2, 0) is 6.54 Å². The van der Waals surface area contributed by atoms with Crippen LogP contribution in [0.5, 0.6) is 11.5 Å². The van der Waals surface area contributed by atoms with E-state index in [0.717, 1.165) is 28.3 Å². The van der Waals surface area contributed by atoms with Crippen LogP contribution in [0, 0.1) is 20.8 Å². The highest BCUT2D eigenvalue weighted by Crippen LogP contribution is 2.28. The normalized spacial score (nSPS) is 10.4. The van der Waals surface area contributed by atoms with Crippen LogP contribution in [0.25, 0.3) is 0 Å². The first kappa shape index (κ1) is 12.6. The number of hydrogen-bond acceptors (Lipinski definition) is 3. The van der Waals surface area contributed by atoms with Gasteiger partial charge in [0.25, 0.3) is 0 Å². The molecule has 2 rings (SSSR count). The fourth-order valence-electron chi connectivity index (χ4n) is 1.75. The Balaban J connectivity index is 2.38. The molecule has 0 spiro atoms. The standard InChI is InChI=1S/C15H18N2O/c1-10-4-5-11(2)14(6-10)18-15-7-12(3)17-9-13(15)8-16/h4-7,9H,8,16H2,1-3H3. The molecule has 18 heavy (non-hydrogen) atoms. The van der Waals surface area contributed by atoms with Crippen molar-refractivity contribution in [3.63, 3.8) is 0 Å². The minimum Gasteiger partial charge on any atom is -0.457 e. The maximum absolute atomic E-state index is 5.97. The van der Waals surface area contributed by atoms with Gasteiger partial charge in [0.15, 0.2) is 0 Å². The van der Waals surface area contributed by atoms with Gasteiger partial charge in [-0.25, -0.2) is 0 Å². The fourth-order valence-corrected chi connectivity index (χ4v) is 1.75. The van der Waals surface area contributed by atoms with Crippen molar-refractivity contribution in [3.05, 3.63) is 52.8 Å². The van der Waals surface area contributed by atoms with Crippen molar-refractivity contribution in [1.82, 2.24) is 4.98 Å². The van der Waals surface area contributed by atoms with E-state index < -0.39 is 0 Å². The SMILES string of the molecule is Cc1ccc(C)c(Oc2cc(C)ncc2CN)c1. The molecule has 0 radical (unpaired) electrons. The smallest absolute Gasteiger partial charge is 0.135 e. The lowest BCUT2D eigenvalue weighted by Gasteiger charge is -2.13. The molecule has 0 aliphatic heterocycles. The molecule has 0 fully saturated rings. The highest BCUT2D eigenvalue weighted by Gasteiger charge is 2.07. The van der Waals surface area contributed by atoms with Gasteiger partial charge in [-0.05, 0) is 38.0 Å². The van der Waals surface area contributed by atoms with E-state index in [1.54, 1.807) is 6.20 Å². The second kappa shape index (κ2) is 5.19. The van der Waals surface area contributed by atoms with Crippen molar-refractivity contribution in [2.45, 2.75) is 27.3 Å². The van der Waals surface area contributed by atoms with Gasteiger partial charge in [-0.1, -0.05) is 12.1 Å². The summed E-state index contributed by atoms with van der Waals surface area (Å²) in [5, 5.41) is 0. The summed E-state index contributed by atoms with van der Waals surface area (Å²) in [6, 6.07) is 8.08. The van der Waals surface area contributed by atoms with E-state index in [1.165, 1.54) is 5.56 Å². The monoisotopic (exact) mass is 242 g/mol. The number of rotatable bonds is 3. The van der Waals surface area contributed by atoms with Gasteiger partial charge in [-0.15, -0.1) is 0 Å². The van der Waals surface area contributed by atoms with Gasteiger partial charge < -0.3 is 10.5 Å². The summed E-state index contributed by atoms with van der Waals surface area (Å²) in [7, 11) is 0. The van der Waals surface area contributed by atoms with Gasteiger partial charge in [0.1, 0.15) is 11.5 Å². The second-order valence-electron chi connectivity index (χ2n) is 4.51. The molecular formula is C15H18N2O. The minimum atomic E-state index is 0.424. The molecule has 0 atom stereocenters. The molecule has 0 amide bonds. The predicted octanol–water partition coefficient (Wildman–Crippen LogP) is 3.26. The Labute approximate surface area is 108 Å². The van der Waals surface area contributed by atoms with Crippen molar-refractivity contribution in [2.75, 3.05) is 0 Å². The van der Waals surface area contributed by atoms with E-state index in [-0.39, 0.29) is 0 Å². The Kier molecular flexibility index (Phi) is 3.63. The number of ether oxygens (including phenoxy) is 1. The topological polar surface area (TPSA) is 48.1 Å². The molecule has 3 nitrogen and oxygen atoms in total. The maximum atomic E-state index is 5.97. The van der Waals surface area contributed by atoms with Gasteiger partial charge in [-0.2, -0.15) is 0 Å². The van der Waals surface area contributed by atoms with Gasteiger partial charge >= 0.3 is 0 Å². The molecule has 0 aliphatic carbocycles. The van der Waals surface area contributed by atoms with Gasteiger partial charge in [0.05, 0.1) is 0 Å². The Morgan fingerprint density at radius 3 is 2.61 bits per heavy atom. The van der Waals surface area contributed by atoms with Crippen molar-refractivity contribution in [3.8, 4) is 11.5 Å².